The van der Waals surface area contributed by atoms with E-state index in [1.54, 1.807) is 6.07 Å². The van der Waals surface area contributed by atoms with Gasteiger partial charge in [0.2, 0.25) is 11.8 Å². The van der Waals surface area contributed by atoms with Crippen LogP contribution in [0.4, 0.5) is 5.69 Å². The molecular formula is C24H37N3O4. The molecule has 0 spiro atoms. The molecule has 2 heterocycles. The van der Waals surface area contributed by atoms with Gasteiger partial charge in [0, 0.05) is 25.1 Å². The summed E-state index contributed by atoms with van der Waals surface area (Å²) >= 11 is 0. The number of nitrogens with zero attached hydrogens (tertiary/aromatic N) is 2. The van der Waals surface area contributed by atoms with Crippen LogP contribution in [0.15, 0.2) is 18.2 Å². The number of nitrogens with one attached hydrogen (secondary N) is 1. The van der Waals surface area contributed by atoms with Gasteiger partial charge in [0.1, 0.15) is 11.5 Å². The quantitative estimate of drug-likeness (QED) is 0.682. The minimum Gasteiger partial charge on any atom is -0.494 e. The van der Waals surface area contributed by atoms with Crippen LogP contribution < -0.4 is 14.8 Å². The smallest absolute Gasteiger partial charge is 0.238 e. The molecule has 0 unspecified atom stereocenters. The Morgan fingerprint density at radius 3 is 2.29 bits per heavy atom. The summed E-state index contributed by atoms with van der Waals surface area (Å²) in [5.74, 6) is 1.69. The molecule has 0 saturated carbocycles. The van der Waals surface area contributed by atoms with E-state index in [1.165, 1.54) is 12.8 Å². The van der Waals surface area contributed by atoms with Gasteiger partial charge in [-0.1, -0.05) is 12.8 Å². The fraction of sp³-hybridized carbons (Fsp3) is 0.667. The van der Waals surface area contributed by atoms with E-state index in [0.717, 1.165) is 51.9 Å². The monoisotopic (exact) mass is 431 g/mol. The van der Waals surface area contributed by atoms with Crippen molar-refractivity contribution in [2.45, 2.75) is 52.4 Å². The number of likely N-dealkylation sites (tertiary alicyclic amines) is 2. The lowest BCUT2D eigenvalue weighted by atomic mass is 9.95. The molecule has 2 saturated heterocycles. The Morgan fingerprint density at radius 1 is 0.968 bits per heavy atom. The zero-order chi connectivity index (χ0) is 22.1. The average molecular weight is 432 g/mol. The molecule has 0 bridgehead atoms. The first kappa shape index (κ1) is 23.4. The van der Waals surface area contributed by atoms with Gasteiger partial charge in [-0.25, -0.2) is 0 Å². The van der Waals surface area contributed by atoms with Crippen molar-refractivity contribution in [3.05, 3.63) is 18.2 Å². The fourth-order valence-electron chi connectivity index (χ4n) is 4.42. The van der Waals surface area contributed by atoms with Gasteiger partial charge in [0.25, 0.3) is 0 Å². The maximum Gasteiger partial charge on any atom is 0.238 e. The first-order valence-corrected chi connectivity index (χ1v) is 11.8. The molecule has 2 aliphatic rings. The molecule has 2 amide bonds. The zero-order valence-electron chi connectivity index (χ0n) is 19.0. The maximum absolute atomic E-state index is 12.9. The van der Waals surface area contributed by atoms with Gasteiger partial charge in [0.15, 0.2) is 0 Å². The minimum atomic E-state index is -0.0769. The third kappa shape index (κ3) is 6.86. The Morgan fingerprint density at radius 2 is 1.65 bits per heavy atom. The van der Waals surface area contributed by atoms with E-state index in [2.05, 4.69) is 15.1 Å². The van der Waals surface area contributed by atoms with Crippen LogP contribution in [0.3, 0.4) is 0 Å². The summed E-state index contributed by atoms with van der Waals surface area (Å²) in [6.07, 6.45) is 6.36. The molecule has 3 rings (SSSR count). The summed E-state index contributed by atoms with van der Waals surface area (Å²) in [5, 5.41) is 2.97. The molecule has 0 radical (unpaired) electrons. The van der Waals surface area contributed by atoms with Crippen LogP contribution in [0.1, 0.15) is 52.4 Å². The predicted molar refractivity (Wildman–Crippen MR) is 122 cm³/mol. The molecule has 1 N–H and O–H groups in total. The summed E-state index contributed by atoms with van der Waals surface area (Å²) in [5.41, 5.74) is 0.629. The topological polar surface area (TPSA) is 71.1 Å². The number of hydrogen-bond donors (Lipinski definition) is 1. The largest absolute Gasteiger partial charge is 0.494 e. The summed E-state index contributed by atoms with van der Waals surface area (Å²) in [6, 6.07) is 5.47. The second-order valence-corrected chi connectivity index (χ2v) is 8.36. The van der Waals surface area contributed by atoms with E-state index < -0.39 is 0 Å². The van der Waals surface area contributed by atoms with Gasteiger partial charge in [-0.3, -0.25) is 14.5 Å². The fourth-order valence-corrected chi connectivity index (χ4v) is 4.42. The van der Waals surface area contributed by atoms with Crippen LogP contribution in [0.5, 0.6) is 11.5 Å². The van der Waals surface area contributed by atoms with Gasteiger partial charge in [-0.2, -0.15) is 0 Å². The third-order valence-electron chi connectivity index (χ3n) is 6.06. The van der Waals surface area contributed by atoms with E-state index in [4.69, 9.17) is 9.47 Å². The van der Waals surface area contributed by atoms with Crippen molar-refractivity contribution in [1.82, 2.24) is 9.80 Å². The van der Waals surface area contributed by atoms with Crippen LogP contribution in [0, 0.1) is 5.92 Å². The summed E-state index contributed by atoms with van der Waals surface area (Å²) in [6.45, 7) is 8.60. The number of piperidine rings is 1. The first-order valence-electron chi connectivity index (χ1n) is 11.8. The van der Waals surface area contributed by atoms with E-state index in [0.29, 0.717) is 42.9 Å². The van der Waals surface area contributed by atoms with Gasteiger partial charge in [-0.15, -0.1) is 0 Å². The summed E-state index contributed by atoms with van der Waals surface area (Å²) < 4.78 is 11.2. The van der Waals surface area contributed by atoms with Crippen molar-refractivity contribution in [2.24, 2.45) is 5.92 Å². The maximum atomic E-state index is 12.9. The predicted octanol–water partition coefficient (Wildman–Crippen LogP) is 3.54. The SMILES string of the molecule is CCOc1ccc(OCC)c(NC(=O)CN2CCC(C(=O)N3CCCCCC3)CC2)c1. The molecular weight excluding hydrogens is 394 g/mol. The molecule has 0 atom stereocenters. The van der Waals surface area contributed by atoms with Gasteiger partial charge in [0.05, 0.1) is 25.4 Å². The number of carbonyl (C=O) groups is 2. The minimum absolute atomic E-state index is 0.0769. The van der Waals surface area contributed by atoms with Crippen molar-refractivity contribution in [3.8, 4) is 11.5 Å². The standard InChI is InChI=1S/C24H37N3O4/c1-3-30-20-9-10-22(31-4-2)21(17-20)25-23(28)18-26-15-11-19(12-16-26)24(29)27-13-7-5-6-8-14-27/h9-10,17,19H,3-8,11-16,18H2,1-2H3,(H,25,28). The molecule has 31 heavy (non-hydrogen) atoms. The van der Waals surface area contributed by atoms with Crippen LogP contribution in [-0.4, -0.2) is 67.6 Å². The van der Waals surface area contributed by atoms with E-state index in [9.17, 15) is 9.59 Å². The van der Waals surface area contributed by atoms with Gasteiger partial charge >= 0.3 is 0 Å². The van der Waals surface area contributed by atoms with Gasteiger partial charge < -0.3 is 19.7 Å². The van der Waals surface area contributed by atoms with Crippen LogP contribution >= 0.6 is 0 Å². The number of rotatable bonds is 8. The lowest BCUT2D eigenvalue weighted by Gasteiger charge is -2.33. The second-order valence-electron chi connectivity index (χ2n) is 8.36. The molecule has 172 valence electrons. The van der Waals surface area contributed by atoms with Crippen LogP contribution in [0.2, 0.25) is 0 Å². The lowest BCUT2D eigenvalue weighted by Crippen LogP contribution is -2.44. The van der Waals surface area contributed by atoms with E-state index in [1.807, 2.05) is 26.0 Å². The van der Waals surface area contributed by atoms with E-state index in [-0.39, 0.29) is 11.8 Å². The normalized spacial score (nSPS) is 18.3. The number of anilines is 1. The molecule has 7 nitrogen and oxygen atoms in total. The highest BCUT2D eigenvalue weighted by Gasteiger charge is 2.29. The molecule has 2 fully saturated rings. The number of hydrogen-bond acceptors (Lipinski definition) is 5. The lowest BCUT2D eigenvalue weighted by molar-refractivity contribution is -0.137. The molecule has 7 heteroatoms. The van der Waals surface area contributed by atoms with Crippen molar-refractivity contribution < 1.29 is 19.1 Å². The zero-order valence-corrected chi connectivity index (χ0v) is 19.0. The number of amides is 2. The molecule has 1 aromatic rings. The Balaban J connectivity index is 1.49. The average Bonchev–Trinajstić information content (AvgIpc) is 3.05. The van der Waals surface area contributed by atoms with E-state index >= 15 is 0 Å². The first-order chi connectivity index (χ1) is 15.1. The number of benzene rings is 1. The highest BCUT2D eigenvalue weighted by Crippen LogP contribution is 2.29. The highest BCUT2D eigenvalue weighted by atomic mass is 16.5. The van der Waals surface area contributed by atoms with Crippen molar-refractivity contribution in [3.63, 3.8) is 0 Å². The Labute approximate surface area is 186 Å². The van der Waals surface area contributed by atoms with Crippen molar-refractivity contribution in [1.29, 1.82) is 0 Å². The van der Waals surface area contributed by atoms with Crippen LogP contribution in [-0.2, 0) is 9.59 Å². The highest BCUT2D eigenvalue weighted by molar-refractivity contribution is 5.94. The third-order valence-corrected chi connectivity index (χ3v) is 6.06. The molecule has 2 aliphatic heterocycles. The summed E-state index contributed by atoms with van der Waals surface area (Å²) in [4.78, 5) is 29.7. The summed E-state index contributed by atoms with van der Waals surface area (Å²) in [7, 11) is 0. The Bertz CT molecular complexity index is 724. The van der Waals surface area contributed by atoms with Crippen molar-refractivity contribution >= 4 is 17.5 Å². The van der Waals surface area contributed by atoms with Crippen molar-refractivity contribution in [2.75, 3.05) is 51.3 Å². The molecule has 0 aromatic heterocycles. The number of carbonyl (C=O) groups excluding carboxylic acids is 2. The molecule has 1 aromatic carbocycles. The second kappa shape index (κ2) is 11.9. The van der Waals surface area contributed by atoms with Gasteiger partial charge in [-0.05, 0) is 64.8 Å². The number of ether oxygens (including phenoxy) is 2. The van der Waals surface area contributed by atoms with Crippen LogP contribution in [0.25, 0.3) is 0 Å². The Kier molecular flexibility index (Phi) is 9.00. The Hall–Kier alpha value is -2.28. The molecule has 0 aliphatic carbocycles.